The van der Waals surface area contributed by atoms with E-state index in [1.54, 1.807) is 0 Å². The first kappa shape index (κ1) is 13.9. The van der Waals surface area contributed by atoms with Gasteiger partial charge in [0.05, 0.1) is 0 Å². The molecule has 0 radical (unpaired) electrons. The largest absolute Gasteiger partial charge is 0.330 e. The van der Waals surface area contributed by atoms with E-state index in [4.69, 9.17) is 5.73 Å². The molecule has 110 valence electrons. The molecule has 2 N–H and O–H groups in total. The number of nitrogens with zero attached hydrogens (tertiary/aromatic N) is 1. The second-order valence-corrected chi connectivity index (χ2v) is 8.47. The number of rotatable bonds is 2. The Morgan fingerprint density at radius 3 is 2.37 bits per heavy atom. The molecule has 0 spiro atoms. The van der Waals surface area contributed by atoms with Crippen LogP contribution in [-0.4, -0.2) is 30.1 Å². The molecule has 0 aromatic carbocycles. The number of likely N-dealkylation sites (tertiary alicyclic amines) is 1. The van der Waals surface area contributed by atoms with Crippen LogP contribution in [0.5, 0.6) is 0 Å². The van der Waals surface area contributed by atoms with Gasteiger partial charge in [-0.25, -0.2) is 0 Å². The molecule has 5 unspecified atom stereocenters. The SMILES string of the molecule is CC(C)(C)C1CCC(CN)C(N2CC3CCC2C3)C1. The minimum Gasteiger partial charge on any atom is -0.330 e. The van der Waals surface area contributed by atoms with E-state index in [0.29, 0.717) is 5.41 Å². The maximum Gasteiger partial charge on any atom is 0.0141 e. The van der Waals surface area contributed by atoms with Crippen LogP contribution in [0.4, 0.5) is 0 Å². The van der Waals surface area contributed by atoms with Gasteiger partial charge in [-0.1, -0.05) is 20.8 Å². The minimum atomic E-state index is 0.469. The van der Waals surface area contributed by atoms with Crippen molar-refractivity contribution in [2.45, 2.75) is 71.4 Å². The van der Waals surface area contributed by atoms with Crippen LogP contribution in [0, 0.1) is 23.2 Å². The Labute approximate surface area is 119 Å². The third kappa shape index (κ3) is 2.58. The average Bonchev–Trinajstić information content (AvgIpc) is 2.99. The molecule has 19 heavy (non-hydrogen) atoms. The number of hydrogen-bond acceptors (Lipinski definition) is 2. The molecule has 1 heterocycles. The summed E-state index contributed by atoms with van der Waals surface area (Å²) in [6.45, 7) is 9.55. The molecule has 5 atom stereocenters. The standard InChI is InChI=1S/C17H32N2/c1-17(2,3)14-6-5-13(10-18)16(9-14)19-11-12-4-7-15(19)8-12/h12-16H,4-11,18H2,1-3H3. The van der Waals surface area contributed by atoms with Crippen LogP contribution in [0.15, 0.2) is 0 Å². The third-order valence-corrected chi connectivity index (χ3v) is 6.36. The summed E-state index contributed by atoms with van der Waals surface area (Å²) in [5.74, 6) is 2.66. The van der Waals surface area contributed by atoms with Crippen molar-refractivity contribution in [1.29, 1.82) is 0 Å². The molecule has 1 aliphatic heterocycles. The molecule has 2 bridgehead atoms. The number of fused-ring (bicyclic) bond motifs is 2. The fraction of sp³-hybridized carbons (Fsp3) is 1.00. The Morgan fingerprint density at radius 1 is 1.05 bits per heavy atom. The molecule has 3 fully saturated rings. The number of piperidine rings is 1. The van der Waals surface area contributed by atoms with Gasteiger partial charge in [0.1, 0.15) is 0 Å². The van der Waals surface area contributed by atoms with E-state index in [9.17, 15) is 0 Å². The molecule has 2 nitrogen and oxygen atoms in total. The maximum absolute atomic E-state index is 6.09. The Bertz CT molecular complexity index is 320. The van der Waals surface area contributed by atoms with Gasteiger partial charge in [-0.05, 0) is 68.2 Å². The van der Waals surface area contributed by atoms with Crippen LogP contribution in [-0.2, 0) is 0 Å². The van der Waals surface area contributed by atoms with Crippen molar-refractivity contribution < 1.29 is 0 Å². The highest BCUT2D eigenvalue weighted by atomic mass is 15.2. The van der Waals surface area contributed by atoms with Crippen molar-refractivity contribution in [2.75, 3.05) is 13.1 Å². The summed E-state index contributed by atoms with van der Waals surface area (Å²) in [5, 5.41) is 0. The van der Waals surface area contributed by atoms with Crippen molar-refractivity contribution in [1.82, 2.24) is 4.90 Å². The first-order chi connectivity index (χ1) is 8.99. The van der Waals surface area contributed by atoms with Gasteiger partial charge in [-0.3, -0.25) is 4.90 Å². The van der Waals surface area contributed by atoms with Crippen LogP contribution in [0.25, 0.3) is 0 Å². The van der Waals surface area contributed by atoms with Crippen molar-refractivity contribution in [3.05, 3.63) is 0 Å². The second-order valence-electron chi connectivity index (χ2n) is 8.47. The molecule has 0 amide bonds. The van der Waals surface area contributed by atoms with Crippen molar-refractivity contribution in [2.24, 2.45) is 28.9 Å². The van der Waals surface area contributed by atoms with E-state index in [-0.39, 0.29) is 0 Å². The van der Waals surface area contributed by atoms with Crippen LogP contribution in [0.1, 0.15) is 59.3 Å². The molecule has 0 aromatic heterocycles. The van der Waals surface area contributed by atoms with Gasteiger partial charge in [0.2, 0.25) is 0 Å². The minimum absolute atomic E-state index is 0.469. The number of nitrogens with two attached hydrogens (primary N) is 1. The lowest BCUT2D eigenvalue weighted by Crippen LogP contribution is -2.51. The molecule has 3 aliphatic rings. The van der Waals surface area contributed by atoms with E-state index in [0.717, 1.165) is 36.4 Å². The smallest absolute Gasteiger partial charge is 0.0141 e. The Hall–Kier alpha value is -0.0800. The summed E-state index contributed by atoms with van der Waals surface area (Å²) in [5.41, 5.74) is 6.56. The van der Waals surface area contributed by atoms with Gasteiger partial charge < -0.3 is 5.73 Å². The van der Waals surface area contributed by atoms with Crippen LogP contribution < -0.4 is 5.73 Å². The predicted octanol–water partition coefficient (Wildman–Crippen LogP) is 3.26. The van der Waals surface area contributed by atoms with Gasteiger partial charge >= 0.3 is 0 Å². The number of hydrogen-bond donors (Lipinski definition) is 1. The van der Waals surface area contributed by atoms with Crippen molar-refractivity contribution in [3.8, 4) is 0 Å². The summed E-state index contributed by atoms with van der Waals surface area (Å²) in [4.78, 5) is 2.88. The van der Waals surface area contributed by atoms with Crippen molar-refractivity contribution in [3.63, 3.8) is 0 Å². The van der Waals surface area contributed by atoms with Gasteiger partial charge in [0.25, 0.3) is 0 Å². The zero-order valence-electron chi connectivity index (χ0n) is 13.1. The van der Waals surface area contributed by atoms with Crippen molar-refractivity contribution >= 4 is 0 Å². The van der Waals surface area contributed by atoms with Crippen LogP contribution in [0.2, 0.25) is 0 Å². The van der Waals surface area contributed by atoms with E-state index in [1.165, 1.54) is 45.1 Å². The zero-order valence-corrected chi connectivity index (χ0v) is 13.1. The van der Waals surface area contributed by atoms with E-state index in [2.05, 4.69) is 25.7 Å². The lowest BCUT2D eigenvalue weighted by Gasteiger charge is -2.47. The molecule has 1 saturated heterocycles. The molecule has 2 heteroatoms. The molecular formula is C17H32N2. The fourth-order valence-corrected chi connectivity index (χ4v) is 5.05. The summed E-state index contributed by atoms with van der Waals surface area (Å²) in [6, 6.07) is 1.70. The molecule has 3 rings (SSSR count). The van der Waals surface area contributed by atoms with Gasteiger partial charge in [-0.15, -0.1) is 0 Å². The summed E-state index contributed by atoms with van der Waals surface area (Å²) in [7, 11) is 0. The lowest BCUT2D eigenvalue weighted by atomic mass is 9.67. The summed E-state index contributed by atoms with van der Waals surface area (Å²) >= 11 is 0. The van der Waals surface area contributed by atoms with Gasteiger partial charge in [0.15, 0.2) is 0 Å². The molecule has 2 saturated carbocycles. The maximum atomic E-state index is 6.09. The molecular weight excluding hydrogens is 232 g/mol. The van der Waals surface area contributed by atoms with Crippen LogP contribution >= 0.6 is 0 Å². The monoisotopic (exact) mass is 264 g/mol. The van der Waals surface area contributed by atoms with Crippen LogP contribution in [0.3, 0.4) is 0 Å². The summed E-state index contributed by atoms with van der Waals surface area (Å²) < 4.78 is 0. The predicted molar refractivity (Wildman–Crippen MR) is 81.0 cm³/mol. The van der Waals surface area contributed by atoms with Gasteiger partial charge in [-0.2, -0.15) is 0 Å². The summed E-state index contributed by atoms with van der Waals surface area (Å²) in [6.07, 6.45) is 8.58. The first-order valence-electron chi connectivity index (χ1n) is 8.45. The average molecular weight is 264 g/mol. The lowest BCUT2D eigenvalue weighted by molar-refractivity contribution is 0.0281. The highest BCUT2D eigenvalue weighted by Crippen LogP contribution is 2.46. The Kier molecular flexibility index (Phi) is 3.68. The van der Waals surface area contributed by atoms with Gasteiger partial charge in [0, 0.05) is 18.6 Å². The highest BCUT2D eigenvalue weighted by Gasteiger charge is 2.45. The third-order valence-electron chi connectivity index (χ3n) is 6.36. The Balaban J connectivity index is 1.72. The normalized spacial score (nSPS) is 43.9. The quantitative estimate of drug-likeness (QED) is 0.829. The second kappa shape index (κ2) is 5.04. The highest BCUT2D eigenvalue weighted by molar-refractivity contribution is 4.99. The molecule has 2 aliphatic carbocycles. The topological polar surface area (TPSA) is 29.3 Å². The fourth-order valence-electron chi connectivity index (χ4n) is 5.05. The first-order valence-corrected chi connectivity index (χ1v) is 8.45. The van der Waals surface area contributed by atoms with E-state index >= 15 is 0 Å². The zero-order chi connectivity index (χ0) is 13.6. The Morgan fingerprint density at radius 2 is 1.84 bits per heavy atom. The van der Waals surface area contributed by atoms with E-state index in [1.807, 2.05) is 0 Å². The van der Waals surface area contributed by atoms with E-state index < -0.39 is 0 Å². The molecule has 0 aromatic rings.